The molecule has 0 aliphatic heterocycles. The molecule has 0 saturated heterocycles. The summed E-state index contributed by atoms with van der Waals surface area (Å²) in [6, 6.07) is 6.97. The molecule has 4 heteroatoms. The van der Waals surface area contributed by atoms with Crippen molar-refractivity contribution in [3.05, 3.63) is 24.3 Å². The Bertz CT molecular complexity index is 346. The van der Waals surface area contributed by atoms with Gasteiger partial charge in [-0.25, -0.2) is 0 Å². The Morgan fingerprint density at radius 1 is 1.19 bits per heavy atom. The Kier molecular flexibility index (Phi) is 5.05. The highest BCUT2D eigenvalue weighted by molar-refractivity contribution is 14.1. The standard InChI is InChI=1S/C12H15IO3/c1-8(2)11(13)12(14)16-10-6-4-9(15-3)5-7-10/h4-8,11H,1-3H3. The summed E-state index contributed by atoms with van der Waals surface area (Å²) >= 11 is 2.10. The van der Waals surface area contributed by atoms with E-state index >= 15 is 0 Å². The number of carbonyl (C=O) groups excluding carboxylic acids is 1. The third-order valence-corrected chi connectivity index (χ3v) is 4.04. The van der Waals surface area contributed by atoms with Crippen molar-refractivity contribution in [2.45, 2.75) is 17.8 Å². The van der Waals surface area contributed by atoms with E-state index in [1.54, 1.807) is 31.4 Å². The van der Waals surface area contributed by atoms with Crippen LogP contribution in [0, 0.1) is 5.92 Å². The molecule has 0 N–H and O–H groups in total. The summed E-state index contributed by atoms with van der Waals surface area (Å²) in [5.74, 6) is 1.36. The first kappa shape index (κ1) is 13.3. The predicted molar refractivity (Wildman–Crippen MR) is 71.3 cm³/mol. The van der Waals surface area contributed by atoms with Crippen LogP contribution in [-0.4, -0.2) is 17.0 Å². The molecular weight excluding hydrogens is 319 g/mol. The van der Waals surface area contributed by atoms with Gasteiger partial charge in [0.25, 0.3) is 0 Å². The monoisotopic (exact) mass is 334 g/mol. The SMILES string of the molecule is COc1ccc(OC(=O)C(I)C(C)C)cc1. The van der Waals surface area contributed by atoms with E-state index in [-0.39, 0.29) is 15.8 Å². The summed E-state index contributed by atoms with van der Waals surface area (Å²) in [6.07, 6.45) is 0. The zero-order chi connectivity index (χ0) is 12.1. The van der Waals surface area contributed by atoms with Crippen molar-refractivity contribution in [3.63, 3.8) is 0 Å². The van der Waals surface area contributed by atoms with E-state index in [1.807, 2.05) is 13.8 Å². The number of benzene rings is 1. The summed E-state index contributed by atoms with van der Waals surface area (Å²) in [6.45, 7) is 3.98. The quantitative estimate of drug-likeness (QED) is 0.367. The molecule has 1 rings (SSSR count). The maximum Gasteiger partial charge on any atom is 0.324 e. The van der Waals surface area contributed by atoms with Crippen LogP contribution in [0.4, 0.5) is 0 Å². The molecule has 0 spiro atoms. The van der Waals surface area contributed by atoms with Gasteiger partial charge in [0, 0.05) is 0 Å². The van der Waals surface area contributed by atoms with Crippen LogP contribution in [0.25, 0.3) is 0 Å². The fourth-order valence-corrected chi connectivity index (χ4v) is 1.22. The fourth-order valence-electron chi connectivity index (χ4n) is 1.09. The maximum absolute atomic E-state index is 11.6. The summed E-state index contributed by atoms with van der Waals surface area (Å²) in [5, 5.41) is 0. The van der Waals surface area contributed by atoms with E-state index in [0.29, 0.717) is 5.75 Å². The lowest BCUT2D eigenvalue weighted by atomic mass is 10.1. The van der Waals surface area contributed by atoms with Crippen LogP contribution in [0.5, 0.6) is 11.5 Å². The third-order valence-electron chi connectivity index (χ3n) is 2.09. The summed E-state index contributed by atoms with van der Waals surface area (Å²) in [7, 11) is 1.60. The summed E-state index contributed by atoms with van der Waals surface area (Å²) in [5.41, 5.74) is 0. The molecule has 3 nitrogen and oxygen atoms in total. The van der Waals surface area contributed by atoms with Crippen LogP contribution >= 0.6 is 22.6 Å². The predicted octanol–water partition coefficient (Wildman–Crippen LogP) is 3.06. The zero-order valence-corrected chi connectivity index (χ0v) is 11.7. The Morgan fingerprint density at radius 2 is 1.69 bits per heavy atom. The van der Waals surface area contributed by atoms with Crippen molar-refractivity contribution in [2.75, 3.05) is 7.11 Å². The lowest BCUT2D eigenvalue weighted by Crippen LogP contribution is -2.24. The molecule has 0 aliphatic carbocycles. The van der Waals surface area contributed by atoms with Gasteiger partial charge in [-0.2, -0.15) is 0 Å². The highest BCUT2D eigenvalue weighted by Gasteiger charge is 2.20. The number of methoxy groups -OCH3 is 1. The van der Waals surface area contributed by atoms with Gasteiger partial charge in [-0.15, -0.1) is 0 Å². The number of carbonyl (C=O) groups is 1. The molecule has 0 amide bonds. The second kappa shape index (κ2) is 6.08. The van der Waals surface area contributed by atoms with Crippen LogP contribution in [0.2, 0.25) is 0 Å². The van der Waals surface area contributed by atoms with Crippen LogP contribution < -0.4 is 9.47 Å². The fraction of sp³-hybridized carbons (Fsp3) is 0.417. The smallest absolute Gasteiger partial charge is 0.324 e. The van der Waals surface area contributed by atoms with E-state index in [4.69, 9.17) is 9.47 Å². The van der Waals surface area contributed by atoms with Crippen LogP contribution in [0.3, 0.4) is 0 Å². The normalized spacial score (nSPS) is 12.3. The average Bonchev–Trinajstić information content (AvgIpc) is 2.28. The number of hydrogen-bond donors (Lipinski definition) is 0. The molecule has 0 bridgehead atoms. The molecule has 0 aliphatic rings. The van der Waals surface area contributed by atoms with Crippen molar-refractivity contribution >= 4 is 28.6 Å². The Morgan fingerprint density at radius 3 is 2.12 bits per heavy atom. The van der Waals surface area contributed by atoms with Gasteiger partial charge >= 0.3 is 5.97 Å². The second-order valence-electron chi connectivity index (χ2n) is 3.74. The van der Waals surface area contributed by atoms with Crippen LogP contribution in [0.1, 0.15) is 13.8 Å². The topological polar surface area (TPSA) is 35.5 Å². The molecule has 0 radical (unpaired) electrons. The van der Waals surface area contributed by atoms with Gasteiger partial charge in [-0.1, -0.05) is 36.4 Å². The van der Waals surface area contributed by atoms with E-state index in [0.717, 1.165) is 5.75 Å². The molecule has 0 saturated carbocycles. The van der Waals surface area contributed by atoms with Crippen molar-refractivity contribution in [1.82, 2.24) is 0 Å². The minimum atomic E-state index is -0.208. The highest BCUT2D eigenvalue weighted by Crippen LogP contribution is 2.20. The van der Waals surface area contributed by atoms with E-state index < -0.39 is 0 Å². The van der Waals surface area contributed by atoms with Gasteiger partial charge in [-0.05, 0) is 30.2 Å². The Balaban J connectivity index is 2.62. The van der Waals surface area contributed by atoms with Crippen molar-refractivity contribution in [3.8, 4) is 11.5 Å². The molecule has 1 atom stereocenters. The van der Waals surface area contributed by atoms with Gasteiger partial charge < -0.3 is 9.47 Å². The molecule has 0 heterocycles. The number of ether oxygens (including phenoxy) is 2. The first-order chi connectivity index (χ1) is 7.54. The number of halogens is 1. The lowest BCUT2D eigenvalue weighted by Gasteiger charge is -2.12. The largest absolute Gasteiger partial charge is 0.497 e. The van der Waals surface area contributed by atoms with Gasteiger partial charge in [0.1, 0.15) is 15.4 Å². The number of rotatable bonds is 4. The van der Waals surface area contributed by atoms with Gasteiger partial charge in [0.2, 0.25) is 0 Å². The summed E-state index contributed by atoms with van der Waals surface area (Å²) in [4.78, 5) is 11.6. The lowest BCUT2D eigenvalue weighted by molar-refractivity contribution is -0.134. The van der Waals surface area contributed by atoms with E-state index in [1.165, 1.54) is 0 Å². The molecule has 16 heavy (non-hydrogen) atoms. The van der Waals surface area contributed by atoms with Crippen molar-refractivity contribution < 1.29 is 14.3 Å². The van der Waals surface area contributed by atoms with Crippen LogP contribution in [-0.2, 0) is 4.79 Å². The first-order valence-electron chi connectivity index (χ1n) is 5.04. The van der Waals surface area contributed by atoms with Gasteiger partial charge in [0.05, 0.1) is 7.11 Å². The molecule has 1 aromatic carbocycles. The minimum absolute atomic E-state index is 0.125. The molecule has 1 aromatic rings. The Hall–Kier alpha value is -0.780. The number of hydrogen-bond acceptors (Lipinski definition) is 3. The van der Waals surface area contributed by atoms with Gasteiger partial charge in [0.15, 0.2) is 0 Å². The second-order valence-corrected chi connectivity index (χ2v) is 5.08. The third kappa shape index (κ3) is 3.66. The minimum Gasteiger partial charge on any atom is -0.497 e. The van der Waals surface area contributed by atoms with Crippen molar-refractivity contribution in [1.29, 1.82) is 0 Å². The molecule has 1 unspecified atom stereocenters. The maximum atomic E-state index is 11.6. The van der Waals surface area contributed by atoms with Crippen molar-refractivity contribution in [2.24, 2.45) is 5.92 Å². The van der Waals surface area contributed by atoms with E-state index in [2.05, 4.69) is 22.6 Å². The average molecular weight is 334 g/mol. The van der Waals surface area contributed by atoms with E-state index in [9.17, 15) is 4.79 Å². The van der Waals surface area contributed by atoms with Gasteiger partial charge in [-0.3, -0.25) is 4.79 Å². The van der Waals surface area contributed by atoms with Crippen LogP contribution in [0.15, 0.2) is 24.3 Å². The number of alkyl halides is 1. The number of esters is 1. The zero-order valence-electron chi connectivity index (χ0n) is 9.57. The Labute approximate surface area is 109 Å². The summed E-state index contributed by atoms with van der Waals surface area (Å²) < 4.78 is 10.1. The first-order valence-corrected chi connectivity index (χ1v) is 6.29. The molecule has 0 aromatic heterocycles. The molecular formula is C12H15IO3. The molecule has 0 fully saturated rings. The molecule has 88 valence electrons. The highest BCUT2D eigenvalue weighted by atomic mass is 127.